The molecule has 8 heteroatoms. The predicted molar refractivity (Wildman–Crippen MR) is 122 cm³/mol. The van der Waals surface area contributed by atoms with E-state index in [0.717, 1.165) is 55.4 Å². The smallest absolute Gasteiger partial charge is 0.228 e. The standard InChI is InChI=1S/C23H24N6OS/c1-2-5-19(6-3-1)17-28-22(27-13-15-30-16-14-27)25-26-23(28)31-18-20-7-9-21(10-8-20)29-12-4-11-24-29/h1-12H,13-18H2. The molecule has 0 atom stereocenters. The summed E-state index contributed by atoms with van der Waals surface area (Å²) in [6.45, 7) is 3.88. The number of morpholine rings is 1. The minimum Gasteiger partial charge on any atom is -0.378 e. The van der Waals surface area contributed by atoms with E-state index in [2.05, 4.69) is 73.3 Å². The SMILES string of the molecule is c1ccc(Cn2c(SCc3ccc(-n4cccn4)cc3)nnc2N2CCOCC2)cc1. The highest BCUT2D eigenvalue weighted by molar-refractivity contribution is 7.98. The average molecular weight is 433 g/mol. The van der Waals surface area contributed by atoms with Crippen molar-refractivity contribution in [2.24, 2.45) is 0 Å². The average Bonchev–Trinajstić information content (AvgIpc) is 3.50. The van der Waals surface area contributed by atoms with Gasteiger partial charge in [0.1, 0.15) is 0 Å². The summed E-state index contributed by atoms with van der Waals surface area (Å²) < 4.78 is 9.61. The zero-order valence-electron chi connectivity index (χ0n) is 17.2. The topological polar surface area (TPSA) is 61.0 Å². The lowest BCUT2D eigenvalue weighted by molar-refractivity contribution is 0.121. The van der Waals surface area contributed by atoms with E-state index in [1.807, 2.05) is 23.0 Å². The molecular weight excluding hydrogens is 408 g/mol. The first-order chi connectivity index (χ1) is 15.4. The van der Waals surface area contributed by atoms with Crippen molar-refractivity contribution in [1.29, 1.82) is 0 Å². The summed E-state index contributed by atoms with van der Waals surface area (Å²) in [6, 6.07) is 20.9. The summed E-state index contributed by atoms with van der Waals surface area (Å²) in [5, 5.41) is 14.3. The quantitative estimate of drug-likeness (QED) is 0.416. The summed E-state index contributed by atoms with van der Waals surface area (Å²) in [5.74, 6) is 1.75. The van der Waals surface area contributed by atoms with E-state index in [4.69, 9.17) is 4.74 Å². The van der Waals surface area contributed by atoms with Gasteiger partial charge in [-0.2, -0.15) is 5.10 Å². The van der Waals surface area contributed by atoms with E-state index in [-0.39, 0.29) is 0 Å². The third-order valence-electron chi connectivity index (χ3n) is 5.25. The van der Waals surface area contributed by atoms with Gasteiger partial charge < -0.3 is 9.64 Å². The minimum atomic E-state index is 0.725. The van der Waals surface area contributed by atoms with Gasteiger partial charge in [-0.15, -0.1) is 10.2 Å². The van der Waals surface area contributed by atoms with Crippen LogP contribution >= 0.6 is 11.8 Å². The maximum Gasteiger partial charge on any atom is 0.228 e. The second-order valence-electron chi connectivity index (χ2n) is 7.36. The van der Waals surface area contributed by atoms with Crippen molar-refractivity contribution in [3.8, 4) is 5.69 Å². The fourth-order valence-corrected chi connectivity index (χ4v) is 4.49. The molecule has 2 aromatic heterocycles. The molecular formula is C23H24N6OS. The van der Waals surface area contributed by atoms with Gasteiger partial charge in [0, 0.05) is 31.2 Å². The van der Waals surface area contributed by atoms with Gasteiger partial charge in [-0.1, -0.05) is 54.2 Å². The van der Waals surface area contributed by atoms with Gasteiger partial charge in [-0.3, -0.25) is 4.57 Å². The van der Waals surface area contributed by atoms with Gasteiger partial charge in [-0.25, -0.2) is 4.68 Å². The zero-order chi connectivity index (χ0) is 20.9. The molecule has 0 N–H and O–H groups in total. The lowest BCUT2D eigenvalue weighted by Crippen LogP contribution is -2.38. The van der Waals surface area contributed by atoms with Gasteiger partial charge in [0.15, 0.2) is 5.16 Å². The first kappa shape index (κ1) is 19.8. The molecule has 2 aromatic carbocycles. The molecule has 0 amide bonds. The van der Waals surface area contributed by atoms with Crippen molar-refractivity contribution in [3.05, 3.63) is 84.2 Å². The molecule has 0 unspecified atom stereocenters. The first-order valence-electron chi connectivity index (χ1n) is 10.4. The molecule has 0 radical (unpaired) electrons. The summed E-state index contributed by atoms with van der Waals surface area (Å²) >= 11 is 1.72. The summed E-state index contributed by atoms with van der Waals surface area (Å²) in [6.07, 6.45) is 3.73. The number of aromatic nitrogens is 5. The molecule has 31 heavy (non-hydrogen) atoms. The largest absolute Gasteiger partial charge is 0.378 e. The Morgan fingerprint density at radius 2 is 1.68 bits per heavy atom. The van der Waals surface area contributed by atoms with Crippen molar-refractivity contribution in [2.75, 3.05) is 31.2 Å². The van der Waals surface area contributed by atoms with E-state index in [9.17, 15) is 0 Å². The van der Waals surface area contributed by atoms with Crippen LogP contribution in [0.4, 0.5) is 5.95 Å². The van der Waals surface area contributed by atoms with Crippen LogP contribution in [0.5, 0.6) is 0 Å². The molecule has 1 aliphatic rings. The Labute approximate surface area is 185 Å². The Hall–Kier alpha value is -3.10. The molecule has 1 saturated heterocycles. The van der Waals surface area contributed by atoms with Gasteiger partial charge in [0.05, 0.1) is 25.4 Å². The Morgan fingerprint density at radius 3 is 2.42 bits per heavy atom. The van der Waals surface area contributed by atoms with Crippen LogP contribution in [-0.2, 0) is 17.0 Å². The lowest BCUT2D eigenvalue weighted by Gasteiger charge is -2.28. The Kier molecular flexibility index (Phi) is 5.99. The number of nitrogens with zero attached hydrogens (tertiary/aromatic N) is 6. The molecule has 0 spiro atoms. The molecule has 0 aliphatic carbocycles. The highest BCUT2D eigenvalue weighted by atomic mass is 32.2. The summed E-state index contributed by atoms with van der Waals surface area (Å²) in [4.78, 5) is 2.27. The number of rotatable bonds is 7. The minimum absolute atomic E-state index is 0.725. The van der Waals surface area contributed by atoms with Crippen molar-refractivity contribution in [3.63, 3.8) is 0 Å². The maximum atomic E-state index is 5.52. The van der Waals surface area contributed by atoms with Crippen molar-refractivity contribution < 1.29 is 4.74 Å². The van der Waals surface area contributed by atoms with Crippen LogP contribution in [0.2, 0.25) is 0 Å². The van der Waals surface area contributed by atoms with Crippen LogP contribution in [0.1, 0.15) is 11.1 Å². The number of ether oxygens (including phenoxy) is 1. The van der Waals surface area contributed by atoms with Gasteiger partial charge >= 0.3 is 0 Å². The van der Waals surface area contributed by atoms with Crippen LogP contribution in [0.15, 0.2) is 78.2 Å². The van der Waals surface area contributed by atoms with Crippen LogP contribution in [0.25, 0.3) is 5.69 Å². The second kappa shape index (κ2) is 9.36. The first-order valence-corrected chi connectivity index (χ1v) is 11.4. The maximum absolute atomic E-state index is 5.52. The van der Waals surface area contributed by atoms with E-state index in [0.29, 0.717) is 0 Å². The van der Waals surface area contributed by atoms with E-state index in [1.165, 1.54) is 11.1 Å². The van der Waals surface area contributed by atoms with Crippen molar-refractivity contribution in [2.45, 2.75) is 17.5 Å². The zero-order valence-corrected chi connectivity index (χ0v) is 18.0. The molecule has 0 bridgehead atoms. The van der Waals surface area contributed by atoms with Crippen molar-refractivity contribution >= 4 is 17.7 Å². The Balaban J connectivity index is 1.34. The third-order valence-corrected chi connectivity index (χ3v) is 6.29. The van der Waals surface area contributed by atoms with Crippen LogP contribution < -0.4 is 4.90 Å². The molecule has 4 aromatic rings. The number of hydrogen-bond acceptors (Lipinski definition) is 6. The molecule has 5 rings (SSSR count). The van der Waals surface area contributed by atoms with Crippen LogP contribution in [-0.4, -0.2) is 50.8 Å². The van der Waals surface area contributed by atoms with E-state index >= 15 is 0 Å². The molecule has 3 heterocycles. The third kappa shape index (κ3) is 4.65. The molecule has 1 fully saturated rings. The normalized spacial score (nSPS) is 14.1. The predicted octanol–water partition coefficient (Wildman–Crippen LogP) is 3.64. The van der Waals surface area contributed by atoms with Gasteiger partial charge in [0.2, 0.25) is 5.95 Å². The highest BCUT2D eigenvalue weighted by Gasteiger charge is 2.21. The number of thioether (sulfide) groups is 1. The van der Waals surface area contributed by atoms with Crippen molar-refractivity contribution in [1.82, 2.24) is 24.5 Å². The van der Waals surface area contributed by atoms with Crippen LogP contribution in [0, 0.1) is 0 Å². The second-order valence-corrected chi connectivity index (χ2v) is 8.30. The fourth-order valence-electron chi connectivity index (χ4n) is 3.60. The molecule has 1 aliphatic heterocycles. The molecule has 158 valence electrons. The van der Waals surface area contributed by atoms with Crippen LogP contribution in [0.3, 0.4) is 0 Å². The summed E-state index contributed by atoms with van der Waals surface area (Å²) in [5.41, 5.74) is 3.53. The number of benzene rings is 2. The lowest BCUT2D eigenvalue weighted by atomic mass is 10.2. The fraction of sp³-hybridized carbons (Fsp3) is 0.261. The molecule has 0 saturated carbocycles. The Bertz CT molecular complexity index is 1090. The highest BCUT2D eigenvalue weighted by Crippen LogP contribution is 2.27. The summed E-state index contributed by atoms with van der Waals surface area (Å²) in [7, 11) is 0. The van der Waals surface area contributed by atoms with E-state index < -0.39 is 0 Å². The number of anilines is 1. The van der Waals surface area contributed by atoms with Gasteiger partial charge in [-0.05, 0) is 29.3 Å². The monoisotopic (exact) mass is 432 g/mol. The van der Waals surface area contributed by atoms with Gasteiger partial charge in [0.25, 0.3) is 0 Å². The Morgan fingerprint density at radius 1 is 0.871 bits per heavy atom. The van der Waals surface area contributed by atoms with E-state index in [1.54, 1.807) is 18.0 Å². The molecule has 7 nitrogen and oxygen atoms in total. The number of hydrogen-bond donors (Lipinski definition) is 0.